The van der Waals surface area contributed by atoms with Crippen LogP contribution < -0.4 is 10.2 Å². The Balaban J connectivity index is 1.47. The van der Waals surface area contributed by atoms with Gasteiger partial charge in [-0.05, 0) is 35.9 Å². The largest absolute Gasteiger partial charge is 0.464 e. The molecule has 1 N–H and O–H groups in total. The molecule has 2 aromatic carbocycles. The number of rotatable bonds is 4. The van der Waals surface area contributed by atoms with Gasteiger partial charge in [0.05, 0.1) is 24.5 Å². The zero-order valence-corrected chi connectivity index (χ0v) is 19.3. The molecule has 35 heavy (non-hydrogen) atoms. The number of nitrogens with zero attached hydrogens (tertiary/aromatic N) is 5. The van der Waals surface area contributed by atoms with Gasteiger partial charge in [0, 0.05) is 54.6 Å². The monoisotopic (exact) mass is 464 g/mol. The molecule has 0 saturated carbocycles. The number of ether oxygens (including phenoxy) is 1. The van der Waals surface area contributed by atoms with Crippen LogP contribution in [0.15, 0.2) is 73.1 Å². The van der Waals surface area contributed by atoms with Crippen molar-refractivity contribution >= 4 is 28.2 Å². The molecule has 1 fully saturated rings. The maximum Gasteiger partial charge on any atom is 0.359 e. The van der Waals surface area contributed by atoms with Crippen molar-refractivity contribution in [1.29, 1.82) is 0 Å². The Morgan fingerprint density at radius 2 is 1.77 bits per heavy atom. The lowest BCUT2D eigenvalue weighted by Crippen LogP contribution is -2.43. The quantitative estimate of drug-likeness (QED) is 0.405. The minimum Gasteiger partial charge on any atom is -0.464 e. The molecule has 6 rings (SSSR count). The van der Waals surface area contributed by atoms with E-state index in [-0.39, 0.29) is 5.69 Å². The predicted octanol–water partition coefficient (Wildman–Crippen LogP) is 3.81. The Hall–Kier alpha value is -4.30. The van der Waals surface area contributed by atoms with Gasteiger partial charge in [-0.25, -0.2) is 14.3 Å². The van der Waals surface area contributed by atoms with Gasteiger partial charge in [0.2, 0.25) is 0 Å². The molecule has 1 aliphatic rings. The van der Waals surface area contributed by atoms with Gasteiger partial charge in [0.25, 0.3) is 0 Å². The lowest BCUT2D eigenvalue weighted by Gasteiger charge is -2.29. The second-order valence-corrected chi connectivity index (χ2v) is 8.47. The fraction of sp³-hybridized carbons (Fsp3) is 0.185. The topological polar surface area (TPSA) is 84.6 Å². The van der Waals surface area contributed by atoms with Crippen LogP contribution in [0.1, 0.15) is 10.5 Å². The van der Waals surface area contributed by atoms with Crippen molar-refractivity contribution in [3.8, 4) is 22.4 Å². The van der Waals surface area contributed by atoms with E-state index in [9.17, 15) is 4.79 Å². The zero-order chi connectivity index (χ0) is 23.8. The van der Waals surface area contributed by atoms with Crippen LogP contribution in [-0.4, -0.2) is 58.8 Å². The van der Waals surface area contributed by atoms with Gasteiger partial charge >= 0.3 is 5.97 Å². The van der Waals surface area contributed by atoms with Crippen LogP contribution >= 0.6 is 0 Å². The molecule has 0 radical (unpaired) electrons. The fourth-order valence-electron chi connectivity index (χ4n) is 4.66. The van der Waals surface area contributed by atoms with E-state index in [0.29, 0.717) is 11.2 Å². The van der Waals surface area contributed by atoms with Crippen molar-refractivity contribution in [1.82, 2.24) is 24.9 Å². The number of imidazole rings is 1. The van der Waals surface area contributed by atoms with E-state index in [2.05, 4.69) is 32.3 Å². The maximum absolute atomic E-state index is 12.8. The number of nitrogens with one attached hydrogen (secondary N) is 1. The normalized spacial score (nSPS) is 13.9. The molecule has 5 aromatic rings. The standard InChI is InChI=1S/C27H24N6O2/c1-35-27(34)26-22(18-6-8-19(9-7-18)32-14-12-28-13-15-32)16-25-30-17-24(33(25)31-26)21-10-11-29-23-5-3-2-4-20(21)23/h2-11,16-17,28H,12-15H2,1H3. The van der Waals surface area contributed by atoms with E-state index >= 15 is 0 Å². The third kappa shape index (κ3) is 3.77. The number of benzene rings is 2. The van der Waals surface area contributed by atoms with E-state index in [1.165, 1.54) is 7.11 Å². The van der Waals surface area contributed by atoms with Crippen LogP contribution in [-0.2, 0) is 4.74 Å². The Bertz CT molecular complexity index is 1530. The number of carbonyl (C=O) groups excluding carboxylic acids is 1. The summed E-state index contributed by atoms with van der Waals surface area (Å²) in [5, 5.41) is 9.08. The SMILES string of the molecule is COC(=O)c1nn2c(-c3ccnc4ccccc34)cnc2cc1-c1ccc(N2CCNCC2)cc1. The van der Waals surface area contributed by atoms with Crippen molar-refractivity contribution in [2.75, 3.05) is 38.2 Å². The van der Waals surface area contributed by atoms with Crippen molar-refractivity contribution < 1.29 is 9.53 Å². The summed E-state index contributed by atoms with van der Waals surface area (Å²) in [7, 11) is 1.37. The summed E-state index contributed by atoms with van der Waals surface area (Å²) in [5.41, 5.74) is 6.24. The fourth-order valence-corrected chi connectivity index (χ4v) is 4.66. The highest BCUT2D eigenvalue weighted by Crippen LogP contribution is 2.31. The van der Waals surface area contributed by atoms with Gasteiger partial charge in [-0.15, -0.1) is 0 Å². The van der Waals surface area contributed by atoms with Crippen molar-refractivity contribution in [2.24, 2.45) is 0 Å². The molecule has 8 nitrogen and oxygen atoms in total. The molecule has 1 aliphatic heterocycles. The average Bonchev–Trinajstić information content (AvgIpc) is 3.35. The summed E-state index contributed by atoms with van der Waals surface area (Å²) in [6.07, 6.45) is 3.55. The number of para-hydroxylation sites is 1. The van der Waals surface area contributed by atoms with E-state index in [4.69, 9.17) is 9.84 Å². The Kier molecular flexibility index (Phi) is 5.35. The number of aromatic nitrogens is 4. The van der Waals surface area contributed by atoms with Crippen LogP contribution in [0.25, 0.3) is 38.9 Å². The lowest BCUT2D eigenvalue weighted by molar-refractivity contribution is 0.0593. The first kappa shape index (κ1) is 21.2. The zero-order valence-electron chi connectivity index (χ0n) is 19.3. The van der Waals surface area contributed by atoms with Gasteiger partial charge in [-0.2, -0.15) is 5.10 Å². The molecule has 0 unspecified atom stereocenters. The highest BCUT2D eigenvalue weighted by atomic mass is 16.5. The summed E-state index contributed by atoms with van der Waals surface area (Å²) in [4.78, 5) is 24.2. The molecule has 0 bridgehead atoms. The molecule has 1 saturated heterocycles. The number of hydrogen-bond donors (Lipinski definition) is 1. The van der Waals surface area contributed by atoms with Crippen LogP contribution in [0.4, 0.5) is 5.69 Å². The van der Waals surface area contributed by atoms with E-state index < -0.39 is 5.97 Å². The van der Waals surface area contributed by atoms with E-state index in [1.54, 1.807) is 16.9 Å². The number of piperazine rings is 1. The van der Waals surface area contributed by atoms with Crippen molar-refractivity contribution in [3.05, 3.63) is 78.8 Å². The van der Waals surface area contributed by atoms with E-state index in [1.807, 2.05) is 48.5 Å². The predicted molar refractivity (Wildman–Crippen MR) is 136 cm³/mol. The molecular formula is C27H24N6O2. The number of esters is 1. The first-order valence-electron chi connectivity index (χ1n) is 11.6. The average molecular weight is 465 g/mol. The maximum atomic E-state index is 12.8. The second-order valence-electron chi connectivity index (χ2n) is 8.47. The number of hydrogen-bond acceptors (Lipinski definition) is 7. The highest BCUT2D eigenvalue weighted by Gasteiger charge is 2.21. The Morgan fingerprint density at radius 1 is 0.971 bits per heavy atom. The van der Waals surface area contributed by atoms with Crippen LogP contribution in [0.2, 0.25) is 0 Å². The minimum atomic E-state index is -0.493. The molecule has 0 aliphatic carbocycles. The molecule has 0 atom stereocenters. The van der Waals surface area contributed by atoms with Gasteiger partial charge in [0.15, 0.2) is 11.3 Å². The summed E-state index contributed by atoms with van der Waals surface area (Å²) in [5.74, 6) is -0.493. The van der Waals surface area contributed by atoms with Gasteiger partial charge in [-0.1, -0.05) is 30.3 Å². The third-order valence-corrected chi connectivity index (χ3v) is 6.46. The molecular weight excluding hydrogens is 440 g/mol. The van der Waals surface area contributed by atoms with Crippen molar-refractivity contribution in [2.45, 2.75) is 0 Å². The summed E-state index contributed by atoms with van der Waals surface area (Å²) in [6, 6.07) is 20.0. The second kappa shape index (κ2) is 8.81. The van der Waals surface area contributed by atoms with Gasteiger partial charge in [-0.3, -0.25) is 4.98 Å². The first-order chi connectivity index (χ1) is 17.2. The summed E-state index contributed by atoms with van der Waals surface area (Å²) in [6.45, 7) is 3.90. The van der Waals surface area contributed by atoms with E-state index in [0.717, 1.165) is 59.6 Å². The molecule has 0 amide bonds. The van der Waals surface area contributed by atoms with Gasteiger partial charge in [0.1, 0.15) is 0 Å². The minimum absolute atomic E-state index is 0.243. The van der Waals surface area contributed by atoms with Gasteiger partial charge < -0.3 is 15.0 Å². The van der Waals surface area contributed by atoms with Crippen LogP contribution in [0.3, 0.4) is 0 Å². The summed E-state index contributed by atoms with van der Waals surface area (Å²) < 4.78 is 6.80. The number of fused-ring (bicyclic) bond motifs is 2. The molecule has 4 heterocycles. The highest BCUT2D eigenvalue weighted by molar-refractivity contribution is 5.97. The smallest absolute Gasteiger partial charge is 0.359 e. The molecule has 0 spiro atoms. The Labute approximate surface area is 202 Å². The number of carbonyl (C=O) groups is 1. The van der Waals surface area contributed by atoms with Crippen LogP contribution in [0.5, 0.6) is 0 Å². The molecule has 3 aromatic heterocycles. The van der Waals surface area contributed by atoms with Crippen LogP contribution in [0, 0.1) is 0 Å². The Morgan fingerprint density at radius 3 is 2.57 bits per heavy atom. The number of anilines is 1. The lowest BCUT2D eigenvalue weighted by atomic mass is 10.0. The third-order valence-electron chi connectivity index (χ3n) is 6.46. The molecule has 8 heteroatoms. The first-order valence-corrected chi connectivity index (χ1v) is 11.6. The van der Waals surface area contributed by atoms with Crippen molar-refractivity contribution in [3.63, 3.8) is 0 Å². The number of pyridine rings is 1. The number of methoxy groups -OCH3 is 1. The summed E-state index contributed by atoms with van der Waals surface area (Å²) >= 11 is 0. The molecule has 174 valence electrons.